The molecule has 6 nitrogen and oxygen atoms in total. The number of halogens is 4. The van der Waals surface area contributed by atoms with Crippen LogP contribution >= 0.6 is 15.9 Å². The van der Waals surface area contributed by atoms with Gasteiger partial charge in [0.05, 0.1) is 16.5 Å². The van der Waals surface area contributed by atoms with Crippen LogP contribution in [0.25, 0.3) is 22.1 Å². The maximum Gasteiger partial charge on any atom is 0.450 e. The van der Waals surface area contributed by atoms with Crippen LogP contribution in [0.5, 0.6) is 17.2 Å². The van der Waals surface area contributed by atoms with Crippen molar-refractivity contribution in [2.45, 2.75) is 19.3 Å². The van der Waals surface area contributed by atoms with Crippen molar-refractivity contribution in [2.24, 2.45) is 0 Å². The van der Waals surface area contributed by atoms with Crippen molar-refractivity contribution < 1.29 is 31.8 Å². The third-order valence-corrected chi connectivity index (χ3v) is 6.67. The van der Waals surface area contributed by atoms with Crippen LogP contribution in [-0.2, 0) is 19.3 Å². The maximum atomic E-state index is 14.1. The molecule has 36 heavy (non-hydrogen) atoms. The lowest BCUT2D eigenvalue weighted by Gasteiger charge is -2.29. The van der Waals surface area contributed by atoms with Gasteiger partial charge in [0.25, 0.3) is 0 Å². The summed E-state index contributed by atoms with van der Waals surface area (Å²) in [6.07, 6.45) is -4.87. The zero-order valence-electron chi connectivity index (χ0n) is 18.5. The number of fused-ring (bicyclic) bond motifs is 4. The zero-order valence-corrected chi connectivity index (χ0v) is 20.1. The molecule has 1 aromatic heterocycles. The van der Waals surface area contributed by atoms with Crippen molar-refractivity contribution in [3.05, 3.63) is 86.2 Å². The molecule has 6 rings (SSSR count). The predicted octanol–water partition coefficient (Wildman–Crippen LogP) is 6.32. The SMILES string of the molecule is O=c1c(-c2ccc(Br)cc2)c(C(F)(F)F)oc2c3c(ccc12)OCN(Cc1ccc2c(c1)OCO2)C3. The lowest BCUT2D eigenvalue weighted by molar-refractivity contribution is -0.152. The molecule has 10 heteroatoms. The molecular formula is C26H17BrF3NO5. The Bertz CT molecular complexity index is 1550. The Labute approximate surface area is 210 Å². The fraction of sp³-hybridized carbons (Fsp3) is 0.192. The van der Waals surface area contributed by atoms with Gasteiger partial charge in [0.15, 0.2) is 11.5 Å². The van der Waals surface area contributed by atoms with Gasteiger partial charge in [0.1, 0.15) is 18.1 Å². The first-order valence-corrected chi connectivity index (χ1v) is 11.8. The number of hydrogen-bond acceptors (Lipinski definition) is 6. The molecule has 0 atom stereocenters. The lowest BCUT2D eigenvalue weighted by atomic mass is 10.00. The highest BCUT2D eigenvalue weighted by Crippen LogP contribution is 2.41. The first-order valence-electron chi connectivity index (χ1n) is 11.0. The summed E-state index contributed by atoms with van der Waals surface area (Å²) >= 11 is 3.26. The topological polar surface area (TPSA) is 61.1 Å². The van der Waals surface area contributed by atoms with E-state index in [2.05, 4.69) is 15.9 Å². The van der Waals surface area contributed by atoms with Crippen LogP contribution in [0.4, 0.5) is 13.2 Å². The van der Waals surface area contributed by atoms with Gasteiger partial charge < -0.3 is 18.6 Å². The van der Waals surface area contributed by atoms with E-state index in [1.165, 1.54) is 18.2 Å². The Morgan fingerprint density at radius 2 is 1.67 bits per heavy atom. The fourth-order valence-corrected chi connectivity index (χ4v) is 4.75. The van der Waals surface area contributed by atoms with Gasteiger partial charge in [-0.25, -0.2) is 0 Å². The molecule has 3 aromatic carbocycles. The van der Waals surface area contributed by atoms with E-state index in [0.717, 1.165) is 5.56 Å². The summed E-state index contributed by atoms with van der Waals surface area (Å²) in [5, 5.41) is 0.0631. The zero-order chi connectivity index (χ0) is 25.0. The van der Waals surface area contributed by atoms with Crippen LogP contribution in [0, 0.1) is 0 Å². The molecule has 0 radical (unpaired) electrons. The van der Waals surface area contributed by atoms with Crippen molar-refractivity contribution in [2.75, 3.05) is 13.5 Å². The van der Waals surface area contributed by atoms with Gasteiger partial charge in [-0.05, 0) is 47.5 Å². The van der Waals surface area contributed by atoms with Gasteiger partial charge in [-0.2, -0.15) is 13.2 Å². The van der Waals surface area contributed by atoms with Crippen LogP contribution in [0.15, 0.2) is 68.3 Å². The summed E-state index contributed by atoms with van der Waals surface area (Å²) in [5.74, 6) is 0.353. The van der Waals surface area contributed by atoms with Crippen molar-refractivity contribution in [3.8, 4) is 28.4 Å². The average Bonchev–Trinajstić information content (AvgIpc) is 3.32. The van der Waals surface area contributed by atoms with Crippen LogP contribution in [0.2, 0.25) is 0 Å². The quantitative estimate of drug-likeness (QED) is 0.292. The summed E-state index contributed by atoms with van der Waals surface area (Å²) in [5.41, 5.74) is 0.0459. The number of alkyl halides is 3. The third kappa shape index (κ3) is 4.00. The molecule has 2 aliphatic heterocycles. The van der Waals surface area contributed by atoms with Crippen LogP contribution < -0.4 is 19.6 Å². The van der Waals surface area contributed by atoms with E-state index in [1.807, 2.05) is 23.1 Å². The normalized spacial score (nSPS) is 15.1. The van der Waals surface area contributed by atoms with E-state index in [1.54, 1.807) is 18.2 Å². The summed E-state index contributed by atoms with van der Waals surface area (Å²) in [7, 11) is 0. The second-order valence-corrected chi connectivity index (χ2v) is 9.42. The van der Waals surface area contributed by atoms with Gasteiger partial charge in [-0.1, -0.05) is 34.1 Å². The highest BCUT2D eigenvalue weighted by atomic mass is 79.9. The molecule has 4 aromatic rings. The lowest BCUT2D eigenvalue weighted by Crippen LogP contribution is -2.32. The minimum absolute atomic E-state index is 0.0631. The molecule has 3 heterocycles. The Balaban J connectivity index is 1.43. The van der Waals surface area contributed by atoms with Gasteiger partial charge in [0, 0.05) is 17.6 Å². The molecule has 0 saturated heterocycles. The summed E-state index contributed by atoms with van der Waals surface area (Å²) < 4.78 is 65.1. The Hall–Kier alpha value is -3.50. The fourth-order valence-electron chi connectivity index (χ4n) is 4.49. The maximum absolute atomic E-state index is 14.1. The second kappa shape index (κ2) is 8.56. The Morgan fingerprint density at radius 3 is 2.44 bits per heavy atom. The van der Waals surface area contributed by atoms with Crippen molar-refractivity contribution in [1.29, 1.82) is 0 Å². The minimum atomic E-state index is -4.87. The second-order valence-electron chi connectivity index (χ2n) is 8.51. The molecule has 2 aliphatic rings. The average molecular weight is 560 g/mol. The van der Waals surface area contributed by atoms with Crippen LogP contribution in [-0.4, -0.2) is 18.4 Å². The highest BCUT2D eigenvalue weighted by Gasteiger charge is 2.40. The predicted molar refractivity (Wildman–Crippen MR) is 128 cm³/mol. The van der Waals surface area contributed by atoms with Crippen molar-refractivity contribution in [3.63, 3.8) is 0 Å². The molecule has 0 saturated carbocycles. The summed E-state index contributed by atoms with van der Waals surface area (Å²) in [6, 6.07) is 14.7. The van der Waals surface area contributed by atoms with Crippen molar-refractivity contribution >= 4 is 26.9 Å². The van der Waals surface area contributed by atoms with Gasteiger partial charge in [0.2, 0.25) is 18.0 Å². The van der Waals surface area contributed by atoms with Crippen LogP contribution in [0.3, 0.4) is 0 Å². The van der Waals surface area contributed by atoms with Gasteiger partial charge >= 0.3 is 6.18 Å². The molecule has 0 fully saturated rings. The minimum Gasteiger partial charge on any atom is -0.478 e. The molecule has 0 amide bonds. The van der Waals surface area contributed by atoms with Crippen LogP contribution in [0.1, 0.15) is 16.9 Å². The molecule has 0 bridgehead atoms. The standard InChI is InChI=1S/C26H17BrF3NO5/c27-16-4-2-15(3-5-16)22-23(32)17-6-8-19-18(24(17)36-25(22)26(28,29)30)11-31(12-33-19)10-14-1-7-20-21(9-14)35-13-34-20/h1-9H,10-13H2. The van der Waals surface area contributed by atoms with E-state index in [9.17, 15) is 18.0 Å². The molecule has 0 unspecified atom stereocenters. The van der Waals surface area contributed by atoms with E-state index < -0.39 is 22.9 Å². The molecule has 0 aliphatic carbocycles. The third-order valence-electron chi connectivity index (χ3n) is 6.14. The van der Waals surface area contributed by atoms with Gasteiger partial charge in [-0.3, -0.25) is 9.69 Å². The number of ether oxygens (including phenoxy) is 3. The molecular weight excluding hydrogens is 543 g/mol. The number of benzene rings is 3. The largest absolute Gasteiger partial charge is 0.478 e. The van der Waals surface area contributed by atoms with E-state index in [-0.39, 0.29) is 36.6 Å². The number of rotatable bonds is 3. The molecule has 0 N–H and O–H groups in total. The molecule has 0 spiro atoms. The molecule has 184 valence electrons. The Morgan fingerprint density at radius 1 is 0.917 bits per heavy atom. The monoisotopic (exact) mass is 559 g/mol. The van der Waals surface area contributed by atoms with E-state index >= 15 is 0 Å². The summed E-state index contributed by atoms with van der Waals surface area (Å²) in [6.45, 7) is 1.06. The smallest absolute Gasteiger partial charge is 0.450 e. The van der Waals surface area contributed by atoms with Gasteiger partial charge in [-0.15, -0.1) is 0 Å². The number of nitrogens with zero attached hydrogens (tertiary/aromatic N) is 1. The Kier molecular flexibility index (Phi) is 5.45. The first-order chi connectivity index (χ1) is 17.3. The van der Waals surface area contributed by atoms with E-state index in [4.69, 9.17) is 18.6 Å². The highest BCUT2D eigenvalue weighted by molar-refractivity contribution is 9.10. The summed E-state index contributed by atoms with van der Waals surface area (Å²) in [4.78, 5) is 15.3. The first kappa shape index (κ1) is 22.9. The van der Waals surface area contributed by atoms with E-state index in [0.29, 0.717) is 33.8 Å². The number of hydrogen-bond donors (Lipinski definition) is 0. The van der Waals surface area contributed by atoms with Crippen molar-refractivity contribution in [1.82, 2.24) is 4.90 Å².